The van der Waals surface area contributed by atoms with Gasteiger partial charge in [0.15, 0.2) is 0 Å². The first-order valence-corrected chi connectivity index (χ1v) is 7.41. The van der Waals surface area contributed by atoms with Crippen molar-refractivity contribution < 1.29 is 14.4 Å². The van der Waals surface area contributed by atoms with Crippen molar-refractivity contribution in [3.63, 3.8) is 0 Å². The number of amides is 4. The van der Waals surface area contributed by atoms with Crippen LogP contribution in [0.15, 0.2) is 18.2 Å². The lowest BCUT2D eigenvalue weighted by molar-refractivity contribution is -0.130. The van der Waals surface area contributed by atoms with Crippen molar-refractivity contribution in [1.29, 1.82) is 0 Å². The number of urea groups is 1. The second-order valence-corrected chi connectivity index (χ2v) is 5.58. The standard InChI is InChI=1S/C16H21N3O3/c1-4-5-13-15(21)19(16(22)18-13)9-14(20)17-12-7-6-10(2)8-11(12)3/h6-8,13H,4-5,9H2,1-3H3,(H,17,20)(H,18,22). The first kappa shape index (κ1) is 16.0. The summed E-state index contributed by atoms with van der Waals surface area (Å²) < 4.78 is 0. The minimum absolute atomic E-state index is 0.266. The molecule has 0 aliphatic carbocycles. The van der Waals surface area contributed by atoms with Crippen LogP contribution >= 0.6 is 0 Å². The minimum Gasteiger partial charge on any atom is -0.326 e. The van der Waals surface area contributed by atoms with E-state index >= 15 is 0 Å². The largest absolute Gasteiger partial charge is 0.326 e. The SMILES string of the molecule is CCCC1NC(=O)N(CC(=O)Nc2ccc(C)cc2C)C1=O. The number of nitrogens with one attached hydrogen (secondary N) is 2. The highest BCUT2D eigenvalue weighted by Crippen LogP contribution is 2.16. The predicted octanol–water partition coefficient (Wildman–Crippen LogP) is 1.96. The van der Waals surface area contributed by atoms with Crippen LogP contribution in [0.5, 0.6) is 0 Å². The Bertz CT molecular complexity index is 613. The molecule has 0 bridgehead atoms. The van der Waals surface area contributed by atoms with Crippen LogP contribution in [-0.4, -0.2) is 35.3 Å². The summed E-state index contributed by atoms with van der Waals surface area (Å²) in [5, 5.41) is 5.34. The molecule has 118 valence electrons. The molecule has 6 nitrogen and oxygen atoms in total. The summed E-state index contributed by atoms with van der Waals surface area (Å²) in [7, 11) is 0. The molecule has 4 amide bonds. The van der Waals surface area contributed by atoms with E-state index in [0.29, 0.717) is 12.1 Å². The maximum atomic E-state index is 12.1. The second-order valence-electron chi connectivity index (χ2n) is 5.58. The van der Waals surface area contributed by atoms with Crippen LogP contribution < -0.4 is 10.6 Å². The molecular weight excluding hydrogens is 282 g/mol. The van der Waals surface area contributed by atoms with Gasteiger partial charge in [0.05, 0.1) is 0 Å². The van der Waals surface area contributed by atoms with Crippen LogP contribution in [0.1, 0.15) is 30.9 Å². The molecule has 6 heteroatoms. The van der Waals surface area contributed by atoms with E-state index in [-0.39, 0.29) is 18.4 Å². The second kappa shape index (κ2) is 6.60. The van der Waals surface area contributed by atoms with Crippen molar-refractivity contribution in [2.75, 3.05) is 11.9 Å². The summed E-state index contributed by atoms with van der Waals surface area (Å²) >= 11 is 0. The van der Waals surface area contributed by atoms with Crippen LogP contribution in [0, 0.1) is 13.8 Å². The lowest BCUT2D eigenvalue weighted by atomic mass is 10.1. The summed E-state index contributed by atoms with van der Waals surface area (Å²) in [6, 6.07) is 4.66. The van der Waals surface area contributed by atoms with Gasteiger partial charge in [-0.25, -0.2) is 4.79 Å². The molecule has 0 aromatic heterocycles. The lowest BCUT2D eigenvalue weighted by Gasteiger charge is -2.14. The van der Waals surface area contributed by atoms with Gasteiger partial charge in [-0.3, -0.25) is 14.5 Å². The van der Waals surface area contributed by atoms with Crippen LogP contribution in [0.3, 0.4) is 0 Å². The third kappa shape index (κ3) is 3.44. The smallest absolute Gasteiger partial charge is 0.325 e. The summed E-state index contributed by atoms with van der Waals surface area (Å²) in [4.78, 5) is 36.9. The van der Waals surface area contributed by atoms with Crippen molar-refractivity contribution in [2.45, 2.75) is 39.7 Å². The highest BCUT2D eigenvalue weighted by atomic mass is 16.2. The summed E-state index contributed by atoms with van der Waals surface area (Å²) in [5.74, 6) is -0.713. The molecule has 0 spiro atoms. The van der Waals surface area contributed by atoms with E-state index in [1.807, 2.05) is 39.0 Å². The summed E-state index contributed by atoms with van der Waals surface area (Å²) in [5.41, 5.74) is 2.73. The number of aryl methyl sites for hydroxylation is 2. The summed E-state index contributed by atoms with van der Waals surface area (Å²) in [6.07, 6.45) is 1.37. The Kier molecular flexibility index (Phi) is 4.80. The van der Waals surface area contributed by atoms with Crippen LogP contribution in [0.4, 0.5) is 10.5 Å². The van der Waals surface area contributed by atoms with Gasteiger partial charge in [-0.05, 0) is 31.9 Å². The number of carbonyl (C=O) groups is 3. The van der Waals surface area contributed by atoms with Crippen LogP contribution in [-0.2, 0) is 9.59 Å². The normalized spacial score (nSPS) is 17.6. The fraction of sp³-hybridized carbons (Fsp3) is 0.438. The third-order valence-electron chi connectivity index (χ3n) is 3.64. The van der Waals surface area contributed by atoms with E-state index in [0.717, 1.165) is 22.4 Å². The molecule has 2 rings (SSSR count). The zero-order valence-corrected chi connectivity index (χ0v) is 13.1. The average Bonchev–Trinajstić information content (AvgIpc) is 2.70. The maximum Gasteiger partial charge on any atom is 0.325 e. The van der Waals surface area contributed by atoms with Gasteiger partial charge in [-0.2, -0.15) is 0 Å². The summed E-state index contributed by atoms with van der Waals surface area (Å²) in [6.45, 7) is 5.54. The first-order valence-electron chi connectivity index (χ1n) is 7.41. The Morgan fingerprint density at radius 3 is 2.68 bits per heavy atom. The van der Waals surface area contributed by atoms with Crippen molar-refractivity contribution in [2.24, 2.45) is 0 Å². The molecule has 1 unspecified atom stereocenters. The van der Waals surface area contributed by atoms with Crippen molar-refractivity contribution in [3.8, 4) is 0 Å². The molecule has 1 aliphatic heterocycles. The molecule has 0 saturated carbocycles. The third-order valence-corrected chi connectivity index (χ3v) is 3.64. The van der Waals surface area contributed by atoms with Gasteiger partial charge in [-0.15, -0.1) is 0 Å². The molecule has 1 aliphatic rings. The zero-order valence-electron chi connectivity index (χ0n) is 13.1. The zero-order chi connectivity index (χ0) is 16.3. The fourth-order valence-electron chi connectivity index (χ4n) is 2.50. The van der Waals surface area contributed by atoms with E-state index in [9.17, 15) is 14.4 Å². The number of hydrogen-bond donors (Lipinski definition) is 2. The molecule has 1 aromatic carbocycles. The Balaban J connectivity index is 2.00. The highest BCUT2D eigenvalue weighted by Gasteiger charge is 2.38. The van der Waals surface area contributed by atoms with Gasteiger partial charge >= 0.3 is 6.03 Å². The van der Waals surface area contributed by atoms with Crippen LogP contribution in [0.25, 0.3) is 0 Å². The Labute approximate surface area is 129 Å². The fourth-order valence-corrected chi connectivity index (χ4v) is 2.50. The first-order chi connectivity index (χ1) is 10.4. The molecule has 1 fully saturated rings. The minimum atomic E-state index is -0.508. The molecule has 1 heterocycles. The number of hydrogen-bond acceptors (Lipinski definition) is 3. The predicted molar refractivity (Wildman–Crippen MR) is 83.5 cm³/mol. The van der Waals surface area contributed by atoms with E-state index in [1.165, 1.54) is 0 Å². The quantitative estimate of drug-likeness (QED) is 0.816. The monoisotopic (exact) mass is 303 g/mol. The van der Waals surface area contributed by atoms with Gasteiger partial charge in [0.25, 0.3) is 5.91 Å². The molecule has 1 atom stereocenters. The molecule has 22 heavy (non-hydrogen) atoms. The Morgan fingerprint density at radius 1 is 1.32 bits per heavy atom. The Morgan fingerprint density at radius 2 is 2.05 bits per heavy atom. The lowest BCUT2D eigenvalue weighted by Crippen LogP contribution is -2.38. The molecule has 1 saturated heterocycles. The highest BCUT2D eigenvalue weighted by molar-refractivity contribution is 6.07. The number of benzene rings is 1. The molecule has 2 N–H and O–H groups in total. The van der Waals surface area contributed by atoms with Crippen molar-refractivity contribution in [1.82, 2.24) is 10.2 Å². The van der Waals surface area contributed by atoms with Crippen molar-refractivity contribution >= 4 is 23.5 Å². The van der Waals surface area contributed by atoms with Gasteiger partial charge in [0.1, 0.15) is 12.6 Å². The van der Waals surface area contributed by atoms with Crippen molar-refractivity contribution in [3.05, 3.63) is 29.3 Å². The van der Waals surface area contributed by atoms with E-state index in [1.54, 1.807) is 0 Å². The molecule has 0 radical (unpaired) electrons. The number of rotatable bonds is 5. The number of imide groups is 1. The van der Waals surface area contributed by atoms with Crippen LogP contribution in [0.2, 0.25) is 0 Å². The molecule has 1 aromatic rings. The van der Waals surface area contributed by atoms with E-state index in [2.05, 4.69) is 10.6 Å². The number of anilines is 1. The van der Waals surface area contributed by atoms with Gasteiger partial charge in [0, 0.05) is 5.69 Å². The van der Waals surface area contributed by atoms with Gasteiger partial charge in [0.2, 0.25) is 5.91 Å². The van der Waals surface area contributed by atoms with Gasteiger partial charge < -0.3 is 10.6 Å². The topological polar surface area (TPSA) is 78.5 Å². The Hall–Kier alpha value is -2.37. The average molecular weight is 303 g/mol. The van der Waals surface area contributed by atoms with E-state index < -0.39 is 12.1 Å². The van der Waals surface area contributed by atoms with Gasteiger partial charge in [-0.1, -0.05) is 31.0 Å². The number of nitrogens with zero attached hydrogens (tertiary/aromatic N) is 1. The number of carbonyl (C=O) groups excluding carboxylic acids is 3. The maximum absolute atomic E-state index is 12.1. The van der Waals surface area contributed by atoms with E-state index in [4.69, 9.17) is 0 Å². The molecular formula is C16H21N3O3.